The Hall–Kier alpha value is -3.90. The van der Waals surface area contributed by atoms with E-state index in [2.05, 4.69) is 21.7 Å². The van der Waals surface area contributed by atoms with Crippen molar-refractivity contribution in [1.82, 2.24) is 20.5 Å². The Bertz CT molecular complexity index is 1490. The summed E-state index contributed by atoms with van der Waals surface area (Å²) < 4.78 is 22.6. The molecule has 0 saturated carbocycles. The van der Waals surface area contributed by atoms with Gasteiger partial charge in [0.1, 0.15) is 17.4 Å². The van der Waals surface area contributed by atoms with Gasteiger partial charge in [-0.3, -0.25) is 4.79 Å². The van der Waals surface area contributed by atoms with E-state index in [0.29, 0.717) is 59.8 Å². The van der Waals surface area contributed by atoms with E-state index in [0.717, 1.165) is 19.3 Å². The number of ether oxygens (including phenoxy) is 4. The van der Waals surface area contributed by atoms with Crippen molar-refractivity contribution >= 4 is 46.4 Å². The zero-order valence-corrected chi connectivity index (χ0v) is 29.1. The molecule has 1 radical (unpaired) electrons. The topological polar surface area (TPSA) is 148 Å². The number of allylic oxidation sites excluding steroid dienone is 2. The molecule has 1 saturated heterocycles. The first kappa shape index (κ1) is 36.9. The summed E-state index contributed by atoms with van der Waals surface area (Å²) >= 11 is 6.48. The molecule has 3 amide bonds. The minimum Gasteiger partial charge on any atom is -0.483 e. The molecule has 0 spiro atoms. The first-order chi connectivity index (χ1) is 22.9. The number of aromatic nitrogens is 1. The van der Waals surface area contributed by atoms with Crippen LogP contribution in [-0.4, -0.2) is 79.0 Å². The predicted molar refractivity (Wildman–Crippen MR) is 181 cm³/mol. The quantitative estimate of drug-likeness (QED) is 0.234. The highest BCUT2D eigenvalue weighted by Gasteiger charge is 2.53. The van der Waals surface area contributed by atoms with Gasteiger partial charge in [-0.15, -0.1) is 0 Å². The molecular formula is C35H47ClN4O8+. The largest absolute Gasteiger partial charge is 0.483 e. The van der Waals surface area contributed by atoms with Gasteiger partial charge in [-0.25, -0.2) is 19.4 Å². The SMILES string of the molecule is CCOc1cc(OC2CC3C(=O)NC(C(=O)OC)CCC=CCCCCCC(NC(=O)OC(C)(C)C)C(=O)[N+]3C2)c2cccc(Cl)c2n1. The third-order valence-electron chi connectivity index (χ3n) is 8.11. The molecule has 0 bridgehead atoms. The van der Waals surface area contributed by atoms with Gasteiger partial charge >= 0.3 is 18.0 Å². The second-order valence-corrected chi connectivity index (χ2v) is 13.4. The number of carbonyl (C=O) groups excluding carboxylic acids is 4. The molecule has 2 aliphatic rings. The number of rotatable bonds is 6. The molecule has 48 heavy (non-hydrogen) atoms. The summed E-state index contributed by atoms with van der Waals surface area (Å²) in [4.78, 5) is 59.8. The van der Waals surface area contributed by atoms with Crippen molar-refractivity contribution in [2.75, 3.05) is 20.3 Å². The van der Waals surface area contributed by atoms with Crippen molar-refractivity contribution in [3.8, 4) is 11.6 Å². The average Bonchev–Trinajstić information content (AvgIpc) is 3.45. The van der Waals surface area contributed by atoms with Gasteiger partial charge < -0.3 is 29.6 Å². The fourth-order valence-electron chi connectivity index (χ4n) is 5.89. The average molecular weight is 687 g/mol. The van der Waals surface area contributed by atoms with Gasteiger partial charge in [0.15, 0.2) is 18.7 Å². The highest BCUT2D eigenvalue weighted by Crippen LogP contribution is 2.35. The normalized spacial score (nSPS) is 23.2. The lowest BCUT2D eigenvalue weighted by atomic mass is 10.0. The second kappa shape index (κ2) is 17.0. The lowest BCUT2D eigenvalue weighted by Crippen LogP contribution is -2.58. The summed E-state index contributed by atoms with van der Waals surface area (Å²) in [5, 5.41) is 6.64. The van der Waals surface area contributed by atoms with Crippen LogP contribution in [0, 0.1) is 0 Å². The van der Waals surface area contributed by atoms with Crippen LogP contribution in [0.25, 0.3) is 10.9 Å². The Kier molecular flexibility index (Phi) is 13.1. The van der Waals surface area contributed by atoms with Crippen molar-refractivity contribution in [3.63, 3.8) is 0 Å². The molecule has 4 unspecified atom stereocenters. The number of amides is 3. The summed E-state index contributed by atoms with van der Waals surface area (Å²) in [5.74, 6) is -0.775. The molecule has 2 N–H and O–H groups in total. The maximum atomic E-state index is 14.3. The molecular weight excluding hydrogens is 640 g/mol. The third kappa shape index (κ3) is 10.1. The number of fused-ring (bicyclic) bond motifs is 2. The zero-order chi connectivity index (χ0) is 34.8. The summed E-state index contributed by atoms with van der Waals surface area (Å²) in [6, 6.07) is 4.14. The monoisotopic (exact) mass is 686 g/mol. The van der Waals surface area contributed by atoms with Crippen LogP contribution in [0.2, 0.25) is 5.02 Å². The van der Waals surface area contributed by atoms with Crippen LogP contribution in [0.3, 0.4) is 0 Å². The maximum Gasteiger partial charge on any atom is 0.408 e. The van der Waals surface area contributed by atoms with Gasteiger partial charge in [-0.05, 0) is 71.9 Å². The fourth-order valence-corrected chi connectivity index (χ4v) is 6.10. The van der Waals surface area contributed by atoms with Gasteiger partial charge in [0.25, 0.3) is 5.91 Å². The van der Waals surface area contributed by atoms with Crippen molar-refractivity contribution < 1.29 is 38.1 Å². The molecule has 3 heterocycles. The van der Waals surface area contributed by atoms with Crippen LogP contribution in [0.15, 0.2) is 36.4 Å². The molecule has 4 rings (SSSR count). The van der Waals surface area contributed by atoms with E-state index in [1.165, 1.54) is 12.0 Å². The van der Waals surface area contributed by atoms with E-state index >= 15 is 0 Å². The zero-order valence-electron chi connectivity index (χ0n) is 28.4. The van der Waals surface area contributed by atoms with Crippen molar-refractivity contribution in [1.29, 1.82) is 0 Å². The Labute approximate surface area is 286 Å². The van der Waals surface area contributed by atoms with Crippen LogP contribution in [0.4, 0.5) is 4.79 Å². The number of methoxy groups -OCH3 is 1. The number of para-hydroxylation sites is 1. The molecule has 12 nitrogen and oxygen atoms in total. The number of nitrogens with zero attached hydrogens (tertiary/aromatic N) is 2. The van der Waals surface area contributed by atoms with Crippen molar-refractivity contribution in [3.05, 3.63) is 41.4 Å². The van der Waals surface area contributed by atoms with E-state index in [4.69, 9.17) is 30.5 Å². The van der Waals surface area contributed by atoms with E-state index in [1.54, 1.807) is 39.0 Å². The minimum atomic E-state index is -0.996. The lowest BCUT2D eigenvalue weighted by molar-refractivity contribution is -0.145. The minimum absolute atomic E-state index is 0.0450. The number of pyridine rings is 1. The Morgan fingerprint density at radius 1 is 1.10 bits per heavy atom. The molecule has 1 aromatic carbocycles. The number of carbonyl (C=O) groups is 4. The van der Waals surface area contributed by atoms with Crippen LogP contribution in [0.1, 0.15) is 79.1 Å². The molecule has 4 atom stereocenters. The number of halogens is 1. The summed E-state index contributed by atoms with van der Waals surface area (Å²) in [7, 11) is 1.27. The van der Waals surface area contributed by atoms with E-state index < -0.39 is 53.7 Å². The van der Waals surface area contributed by atoms with Crippen molar-refractivity contribution in [2.24, 2.45) is 0 Å². The maximum absolute atomic E-state index is 14.3. The molecule has 2 aromatic rings. The molecule has 261 valence electrons. The Balaban J connectivity index is 1.68. The summed E-state index contributed by atoms with van der Waals surface area (Å²) in [6.45, 7) is 7.49. The number of benzene rings is 1. The first-order valence-corrected chi connectivity index (χ1v) is 17.0. The highest BCUT2D eigenvalue weighted by molar-refractivity contribution is 6.35. The Morgan fingerprint density at radius 3 is 2.60 bits per heavy atom. The van der Waals surface area contributed by atoms with E-state index in [9.17, 15) is 19.2 Å². The number of nitrogens with one attached hydrogen (secondary N) is 2. The standard InChI is InChI=1S/C35H47ClN4O8/c1-6-46-29-20-28(23-15-14-16-24(36)30(23)39-29)47-22-19-27-31(41)37-26(33(43)45-5)18-13-11-9-7-8-10-12-17-25(32(42)40(27)21-22)38-34(44)48-35(2,3)4/h9,11,14-16,20,22,25-27H,6-8,10,12-13,17-19,21H2,1-5H3,(H,37,41)(H,38,44)/q+1. The summed E-state index contributed by atoms with van der Waals surface area (Å²) in [5.41, 5.74) is -0.277. The van der Waals surface area contributed by atoms with E-state index in [1.807, 2.05) is 19.1 Å². The fraction of sp³-hybridized carbons (Fsp3) is 0.571. The molecule has 1 fully saturated rings. The van der Waals surface area contributed by atoms with Gasteiger partial charge in [-0.2, -0.15) is 0 Å². The number of alkyl carbamates (subject to hydrolysis) is 1. The van der Waals surface area contributed by atoms with Gasteiger partial charge in [0.2, 0.25) is 11.9 Å². The van der Waals surface area contributed by atoms with Crippen LogP contribution >= 0.6 is 11.6 Å². The van der Waals surface area contributed by atoms with Gasteiger partial charge in [0, 0.05) is 11.5 Å². The summed E-state index contributed by atoms with van der Waals surface area (Å²) in [6.07, 6.45) is 7.33. The number of esters is 1. The van der Waals surface area contributed by atoms with E-state index in [-0.39, 0.29) is 13.0 Å². The van der Waals surface area contributed by atoms with Crippen LogP contribution in [-0.2, 0) is 23.9 Å². The van der Waals surface area contributed by atoms with Crippen LogP contribution < -0.4 is 25.0 Å². The van der Waals surface area contributed by atoms with Crippen molar-refractivity contribution in [2.45, 2.75) is 109 Å². The second-order valence-electron chi connectivity index (χ2n) is 13.0. The molecule has 13 heteroatoms. The Morgan fingerprint density at radius 2 is 1.88 bits per heavy atom. The van der Waals surface area contributed by atoms with Crippen LogP contribution in [0.5, 0.6) is 11.6 Å². The van der Waals surface area contributed by atoms with Gasteiger partial charge in [-0.1, -0.05) is 47.6 Å². The predicted octanol–water partition coefficient (Wildman–Crippen LogP) is 5.32. The third-order valence-corrected chi connectivity index (χ3v) is 8.41. The molecule has 1 aromatic heterocycles. The number of hydrogen-bond acceptors (Lipinski definition) is 9. The molecule has 2 aliphatic heterocycles. The number of hydrogen-bond donors (Lipinski definition) is 2. The smallest absolute Gasteiger partial charge is 0.408 e. The first-order valence-electron chi connectivity index (χ1n) is 16.6. The van der Waals surface area contributed by atoms with Gasteiger partial charge in [0.05, 0.1) is 30.7 Å². The highest BCUT2D eigenvalue weighted by atomic mass is 35.5. The molecule has 0 aliphatic carbocycles. The lowest BCUT2D eigenvalue weighted by Gasteiger charge is -2.24.